The molecule has 4 aromatic rings. The van der Waals surface area contributed by atoms with Crippen molar-refractivity contribution in [3.05, 3.63) is 119 Å². The number of anilines is 2. The van der Waals surface area contributed by atoms with E-state index < -0.39 is 0 Å². The van der Waals surface area contributed by atoms with Crippen LogP contribution in [0.4, 0.5) is 11.4 Å². The van der Waals surface area contributed by atoms with Crippen LogP contribution in [0, 0.1) is 11.8 Å². The highest BCUT2D eigenvalue weighted by Crippen LogP contribution is 2.21. The average molecular weight is 560 g/mol. The molecule has 42 heavy (non-hydrogen) atoms. The predicted octanol–water partition coefficient (Wildman–Crippen LogP) is 5.71. The first-order chi connectivity index (χ1) is 20.5. The number of ether oxygens (including phenoxy) is 2. The van der Waals surface area contributed by atoms with E-state index in [2.05, 4.69) is 22.1 Å². The van der Waals surface area contributed by atoms with E-state index >= 15 is 0 Å². The average Bonchev–Trinajstić information content (AvgIpc) is 3.04. The monoisotopic (exact) mass is 559 g/mol. The number of carbonyl (C=O) groups is 2. The van der Waals surface area contributed by atoms with Gasteiger partial charge in [0.1, 0.15) is 11.5 Å². The number of rotatable bonds is 7. The van der Waals surface area contributed by atoms with Crippen LogP contribution in [0.1, 0.15) is 38.8 Å². The van der Waals surface area contributed by atoms with Crippen molar-refractivity contribution in [2.45, 2.75) is 6.92 Å². The summed E-state index contributed by atoms with van der Waals surface area (Å²) in [7, 11) is 1.61. The van der Waals surface area contributed by atoms with E-state index in [1.807, 2.05) is 84.6 Å². The highest BCUT2D eigenvalue weighted by Gasteiger charge is 2.24. The Balaban J connectivity index is 1.19. The van der Waals surface area contributed by atoms with E-state index in [1.165, 1.54) is 0 Å². The second-order valence-corrected chi connectivity index (χ2v) is 9.77. The van der Waals surface area contributed by atoms with Crippen LogP contribution in [0.25, 0.3) is 0 Å². The fraction of sp³-hybridized carbons (Fsp3) is 0.200. The lowest BCUT2D eigenvalue weighted by Gasteiger charge is -2.36. The number of hydrogen-bond donors (Lipinski definition) is 1. The molecule has 1 N–H and O–H groups in total. The lowest BCUT2D eigenvalue weighted by molar-refractivity contribution is 0.0746. The minimum absolute atomic E-state index is 0.0202. The van der Waals surface area contributed by atoms with Gasteiger partial charge in [-0.05, 0) is 85.8 Å². The number of methoxy groups -OCH3 is 1. The van der Waals surface area contributed by atoms with Crippen LogP contribution < -0.4 is 19.7 Å². The van der Waals surface area contributed by atoms with Crippen molar-refractivity contribution in [3.63, 3.8) is 0 Å². The van der Waals surface area contributed by atoms with E-state index in [0.29, 0.717) is 55.2 Å². The zero-order valence-electron chi connectivity index (χ0n) is 23.8. The molecule has 0 aliphatic carbocycles. The maximum Gasteiger partial charge on any atom is 0.255 e. The number of carbonyl (C=O) groups excluding carboxylic acids is 2. The molecule has 7 nitrogen and oxygen atoms in total. The quantitative estimate of drug-likeness (QED) is 0.294. The van der Waals surface area contributed by atoms with Crippen molar-refractivity contribution < 1.29 is 19.1 Å². The minimum Gasteiger partial charge on any atom is -0.497 e. The molecule has 0 saturated carbocycles. The molecule has 1 fully saturated rings. The van der Waals surface area contributed by atoms with Crippen LogP contribution in [0.15, 0.2) is 97.1 Å². The molecule has 1 aliphatic heterocycles. The molecule has 1 heterocycles. The minimum atomic E-state index is -0.175. The summed E-state index contributed by atoms with van der Waals surface area (Å²) in [5.74, 6) is 7.67. The Morgan fingerprint density at radius 2 is 1.55 bits per heavy atom. The van der Waals surface area contributed by atoms with Crippen molar-refractivity contribution in [2.75, 3.05) is 50.1 Å². The van der Waals surface area contributed by atoms with Crippen LogP contribution in [0.2, 0.25) is 0 Å². The molecule has 0 bridgehead atoms. The summed E-state index contributed by atoms with van der Waals surface area (Å²) in [5, 5.41) is 2.91. The van der Waals surface area contributed by atoms with Crippen molar-refractivity contribution >= 4 is 23.2 Å². The molecule has 1 saturated heterocycles. The SMILES string of the molecule is CCOc1cccc(C#Cc2ccccc2C(=O)N2CCN(c3ccc(C(=O)Nc4ccc(OC)cc4)cc3)CC2)c1. The Labute approximate surface area is 246 Å². The molecule has 0 aromatic heterocycles. The van der Waals surface area contributed by atoms with Crippen molar-refractivity contribution in [1.82, 2.24) is 4.90 Å². The van der Waals surface area contributed by atoms with Crippen molar-refractivity contribution in [3.8, 4) is 23.3 Å². The Morgan fingerprint density at radius 1 is 0.810 bits per heavy atom. The number of benzene rings is 4. The van der Waals surface area contributed by atoms with Gasteiger partial charge in [-0.25, -0.2) is 0 Å². The summed E-state index contributed by atoms with van der Waals surface area (Å²) in [6.07, 6.45) is 0. The molecule has 2 amide bonds. The van der Waals surface area contributed by atoms with Crippen LogP contribution in [-0.4, -0.2) is 56.6 Å². The maximum absolute atomic E-state index is 13.5. The van der Waals surface area contributed by atoms with E-state index in [1.54, 1.807) is 31.4 Å². The molecule has 1 aliphatic rings. The molecule has 5 rings (SSSR count). The van der Waals surface area contributed by atoms with E-state index in [9.17, 15) is 9.59 Å². The van der Waals surface area contributed by atoms with Gasteiger partial charge in [-0.15, -0.1) is 0 Å². The standard InChI is InChI=1S/C35H33N3O4/c1-3-42-32-9-6-7-26(25-32)11-12-27-8-4-5-10-33(27)35(40)38-23-21-37(22-24-38)30-17-13-28(14-18-30)34(39)36-29-15-19-31(41-2)20-16-29/h4-10,13-20,25H,3,21-24H2,1-2H3,(H,36,39). The van der Waals surface area contributed by atoms with Crippen LogP contribution in [-0.2, 0) is 0 Å². The summed E-state index contributed by atoms with van der Waals surface area (Å²) in [5.41, 5.74) is 4.44. The second kappa shape index (κ2) is 13.4. The number of hydrogen-bond acceptors (Lipinski definition) is 5. The van der Waals surface area contributed by atoms with Gasteiger partial charge < -0.3 is 24.6 Å². The summed E-state index contributed by atoms with van der Waals surface area (Å²) in [6.45, 7) is 5.12. The summed E-state index contributed by atoms with van der Waals surface area (Å²) in [6, 6.07) is 29.9. The van der Waals surface area contributed by atoms with Gasteiger partial charge >= 0.3 is 0 Å². The largest absolute Gasteiger partial charge is 0.497 e. The molecule has 212 valence electrons. The topological polar surface area (TPSA) is 71.1 Å². The molecule has 0 radical (unpaired) electrons. The second-order valence-electron chi connectivity index (χ2n) is 9.77. The molecular weight excluding hydrogens is 526 g/mol. The van der Waals surface area contributed by atoms with Gasteiger partial charge in [0.2, 0.25) is 0 Å². The third-order valence-corrected chi connectivity index (χ3v) is 7.05. The van der Waals surface area contributed by atoms with Gasteiger partial charge in [0.25, 0.3) is 11.8 Å². The van der Waals surface area contributed by atoms with Gasteiger partial charge in [-0.3, -0.25) is 9.59 Å². The van der Waals surface area contributed by atoms with Gasteiger partial charge in [-0.1, -0.05) is 30.0 Å². The zero-order valence-corrected chi connectivity index (χ0v) is 23.8. The van der Waals surface area contributed by atoms with Gasteiger partial charge in [-0.2, -0.15) is 0 Å². The first kappa shape index (κ1) is 28.3. The highest BCUT2D eigenvalue weighted by molar-refractivity contribution is 6.04. The van der Waals surface area contributed by atoms with Crippen molar-refractivity contribution in [1.29, 1.82) is 0 Å². The number of nitrogens with one attached hydrogen (secondary N) is 1. The Bertz CT molecular complexity index is 1600. The smallest absolute Gasteiger partial charge is 0.255 e. The number of piperazine rings is 1. The van der Waals surface area contributed by atoms with Gasteiger partial charge in [0.05, 0.1) is 19.3 Å². The van der Waals surface area contributed by atoms with Crippen LogP contribution >= 0.6 is 0 Å². The molecule has 0 unspecified atom stereocenters. The van der Waals surface area contributed by atoms with E-state index in [-0.39, 0.29) is 11.8 Å². The first-order valence-corrected chi connectivity index (χ1v) is 14.0. The predicted molar refractivity (Wildman–Crippen MR) is 166 cm³/mol. The fourth-order valence-corrected chi connectivity index (χ4v) is 4.79. The van der Waals surface area contributed by atoms with E-state index in [4.69, 9.17) is 9.47 Å². The molecule has 0 spiro atoms. The molecule has 0 atom stereocenters. The summed E-state index contributed by atoms with van der Waals surface area (Å²) >= 11 is 0. The third kappa shape index (κ3) is 6.91. The molecular formula is C35H33N3O4. The van der Waals surface area contributed by atoms with Crippen LogP contribution in [0.3, 0.4) is 0 Å². The number of amides is 2. The maximum atomic E-state index is 13.5. The summed E-state index contributed by atoms with van der Waals surface area (Å²) < 4.78 is 10.7. The summed E-state index contributed by atoms with van der Waals surface area (Å²) in [4.78, 5) is 30.3. The van der Waals surface area contributed by atoms with Gasteiger partial charge in [0.15, 0.2) is 0 Å². The Kier molecular flexibility index (Phi) is 9.05. The van der Waals surface area contributed by atoms with Gasteiger partial charge in [0, 0.05) is 54.2 Å². The molecule has 7 heteroatoms. The van der Waals surface area contributed by atoms with E-state index in [0.717, 1.165) is 22.7 Å². The molecule has 4 aromatic carbocycles. The fourth-order valence-electron chi connectivity index (χ4n) is 4.79. The zero-order chi connectivity index (χ0) is 29.3. The van der Waals surface area contributed by atoms with Crippen molar-refractivity contribution in [2.24, 2.45) is 0 Å². The first-order valence-electron chi connectivity index (χ1n) is 14.0. The Hall–Kier alpha value is -5.22. The third-order valence-electron chi connectivity index (χ3n) is 7.05. The highest BCUT2D eigenvalue weighted by atomic mass is 16.5. The Morgan fingerprint density at radius 3 is 2.26 bits per heavy atom. The number of nitrogens with zero attached hydrogens (tertiary/aromatic N) is 2. The van der Waals surface area contributed by atoms with Crippen LogP contribution in [0.5, 0.6) is 11.5 Å². The normalized spacial score (nSPS) is 12.6. The lowest BCUT2D eigenvalue weighted by atomic mass is 10.1. The lowest BCUT2D eigenvalue weighted by Crippen LogP contribution is -2.49.